The van der Waals surface area contributed by atoms with Crippen LogP contribution in [0.2, 0.25) is 0 Å². The Balaban J connectivity index is 2.65. The summed E-state index contributed by atoms with van der Waals surface area (Å²) in [7, 11) is 0. The van der Waals surface area contributed by atoms with Gasteiger partial charge >= 0.3 is 0 Å². The first-order valence-electron chi connectivity index (χ1n) is 3.51. The lowest BCUT2D eigenvalue weighted by Crippen LogP contribution is -1.80. The second kappa shape index (κ2) is 4.29. The number of nitrogens with zero attached hydrogens (tertiary/aromatic N) is 1. The third-order valence-corrected chi connectivity index (χ3v) is 1.54. The van der Waals surface area contributed by atoms with Crippen molar-refractivity contribution in [2.45, 2.75) is 11.8 Å². The van der Waals surface area contributed by atoms with E-state index < -0.39 is 0 Å². The van der Waals surface area contributed by atoms with Crippen molar-refractivity contribution in [3.05, 3.63) is 36.2 Å². The van der Waals surface area contributed by atoms with E-state index in [0.717, 1.165) is 5.56 Å². The monoisotopic (exact) mass is 211 g/mol. The number of rotatable bonds is 2. The van der Waals surface area contributed by atoms with E-state index in [4.69, 9.17) is 0 Å². The van der Waals surface area contributed by atoms with E-state index in [0.29, 0.717) is 4.83 Å². The molecule has 1 unspecified atom stereocenters. The third kappa shape index (κ3) is 3.33. The minimum Gasteiger partial charge on any atom is -0.264 e. The van der Waals surface area contributed by atoms with Gasteiger partial charge in [0.1, 0.15) is 0 Å². The summed E-state index contributed by atoms with van der Waals surface area (Å²) < 4.78 is 0. The first kappa shape index (κ1) is 8.47. The van der Waals surface area contributed by atoms with Crippen LogP contribution in [0.5, 0.6) is 0 Å². The zero-order valence-corrected chi connectivity index (χ0v) is 7.95. The van der Waals surface area contributed by atoms with Crippen LogP contribution in [0.3, 0.4) is 0 Å². The van der Waals surface area contributed by atoms with E-state index in [1.807, 2.05) is 24.4 Å². The Hall–Kier alpha value is -0.630. The molecule has 1 aromatic heterocycles. The van der Waals surface area contributed by atoms with Crippen molar-refractivity contribution < 1.29 is 0 Å². The molecule has 0 saturated heterocycles. The molecular formula is C9H10BrN. The predicted molar refractivity (Wildman–Crippen MR) is 51.7 cm³/mol. The second-order valence-corrected chi connectivity index (χ2v) is 3.77. The molecule has 1 nitrogen and oxygen atoms in total. The van der Waals surface area contributed by atoms with E-state index in [1.165, 1.54) is 0 Å². The van der Waals surface area contributed by atoms with Crippen LogP contribution in [0.1, 0.15) is 12.5 Å². The van der Waals surface area contributed by atoms with Gasteiger partial charge in [-0.05, 0) is 18.6 Å². The molecule has 0 aromatic carbocycles. The summed E-state index contributed by atoms with van der Waals surface area (Å²) in [5.74, 6) is 0. The summed E-state index contributed by atoms with van der Waals surface area (Å²) >= 11 is 3.42. The van der Waals surface area contributed by atoms with Crippen molar-refractivity contribution in [3.8, 4) is 0 Å². The number of allylic oxidation sites excluding steroid dienone is 1. The van der Waals surface area contributed by atoms with Crippen LogP contribution in [0.4, 0.5) is 0 Å². The van der Waals surface area contributed by atoms with Crippen molar-refractivity contribution in [2.75, 3.05) is 0 Å². The van der Waals surface area contributed by atoms with Crippen LogP contribution in [0.25, 0.3) is 6.08 Å². The van der Waals surface area contributed by atoms with Crippen LogP contribution in [-0.2, 0) is 0 Å². The molecule has 1 heterocycles. The summed E-state index contributed by atoms with van der Waals surface area (Å²) in [5.41, 5.74) is 1.14. The number of halogens is 1. The highest BCUT2D eigenvalue weighted by atomic mass is 79.9. The van der Waals surface area contributed by atoms with Gasteiger partial charge in [-0.15, -0.1) is 0 Å². The molecule has 0 aliphatic carbocycles. The standard InChI is InChI=1S/C9H10BrN/c1-8(10)4-5-9-3-2-6-11-7-9/h2-8H,1H3/b5-4+. The molecule has 2 heteroatoms. The van der Waals surface area contributed by atoms with E-state index in [9.17, 15) is 0 Å². The number of hydrogen-bond acceptors (Lipinski definition) is 1. The third-order valence-electron chi connectivity index (χ3n) is 1.24. The Labute approximate surface area is 75.3 Å². The van der Waals surface area contributed by atoms with Gasteiger partial charge in [0.05, 0.1) is 0 Å². The van der Waals surface area contributed by atoms with E-state index in [2.05, 4.69) is 33.9 Å². The molecule has 0 aliphatic heterocycles. The van der Waals surface area contributed by atoms with Crippen molar-refractivity contribution >= 4 is 22.0 Å². The van der Waals surface area contributed by atoms with Gasteiger partial charge in [-0.25, -0.2) is 0 Å². The fraction of sp³-hybridized carbons (Fsp3) is 0.222. The van der Waals surface area contributed by atoms with Gasteiger partial charge in [0.15, 0.2) is 0 Å². The van der Waals surface area contributed by atoms with Crippen LogP contribution in [0.15, 0.2) is 30.6 Å². The van der Waals surface area contributed by atoms with Gasteiger partial charge in [0.2, 0.25) is 0 Å². The lowest BCUT2D eigenvalue weighted by Gasteiger charge is -1.92. The fourth-order valence-corrected chi connectivity index (χ4v) is 0.871. The lowest BCUT2D eigenvalue weighted by atomic mass is 10.2. The van der Waals surface area contributed by atoms with Gasteiger partial charge in [0.25, 0.3) is 0 Å². The molecule has 0 amide bonds. The SMILES string of the molecule is CC(Br)/C=C/c1cccnc1. The average molecular weight is 212 g/mol. The van der Waals surface area contributed by atoms with Crippen LogP contribution >= 0.6 is 15.9 Å². The quantitative estimate of drug-likeness (QED) is 0.687. The lowest BCUT2D eigenvalue weighted by molar-refractivity contribution is 1.28. The molecule has 58 valence electrons. The normalized spacial score (nSPS) is 13.6. The van der Waals surface area contributed by atoms with E-state index in [1.54, 1.807) is 6.20 Å². The van der Waals surface area contributed by atoms with Crippen LogP contribution in [-0.4, -0.2) is 9.81 Å². The molecule has 0 aliphatic rings. The Morgan fingerprint density at radius 3 is 3.00 bits per heavy atom. The molecule has 0 N–H and O–H groups in total. The van der Waals surface area contributed by atoms with Crippen LogP contribution in [0, 0.1) is 0 Å². The summed E-state index contributed by atoms with van der Waals surface area (Å²) in [4.78, 5) is 4.42. The molecule has 0 fully saturated rings. The number of aromatic nitrogens is 1. The highest BCUT2D eigenvalue weighted by molar-refractivity contribution is 9.09. The summed E-state index contributed by atoms with van der Waals surface area (Å²) in [5, 5.41) is 0. The van der Waals surface area contributed by atoms with Gasteiger partial charge in [-0.1, -0.05) is 34.1 Å². The zero-order valence-electron chi connectivity index (χ0n) is 6.37. The van der Waals surface area contributed by atoms with Crippen LogP contribution < -0.4 is 0 Å². The maximum Gasteiger partial charge on any atom is 0.0340 e. The summed E-state index contributed by atoms with van der Waals surface area (Å²) in [6.45, 7) is 2.08. The molecule has 1 aromatic rings. The van der Waals surface area contributed by atoms with Crippen molar-refractivity contribution in [1.82, 2.24) is 4.98 Å². The van der Waals surface area contributed by atoms with Gasteiger partial charge in [-0.2, -0.15) is 0 Å². The van der Waals surface area contributed by atoms with Crippen molar-refractivity contribution in [3.63, 3.8) is 0 Å². The van der Waals surface area contributed by atoms with Crippen molar-refractivity contribution in [2.24, 2.45) is 0 Å². The molecule has 0 saturated carbocycles. The number of hydrogen-bond donors (Lipinski definition) is 0. The summed E-state index contributed by atoms with van der Waals surface area (Å²) in [6.07, 6.45) is 7.74. The maximum absolute atomic E-state index is 4.00. The molecule has 0 radical (unpaired) electrons. The first-order valence-corrected chi connectivity index (χ1v) is 4.43. The van der Waals surface area contributed by atoms with E-state index >= 15 is 0 Å². The second-order valence-electron chi connectivity index (χ2n) is 2.32. The molecule has 0 bridgehead atoms. The molecular weight excluding hydrogens is 202 g/mol. The fourth-order valence-electron chi connectivity index (χ4n) is 0.718. The van der Waals surface area contributed by atoms with E-state index in [-0.39, 0.29) is 0 Å². The van der Waals surface area contributed by atoms with Crippen molar-refractivity contribution in [1.29, 1.82) is 0 Å². The molecule has 1 atom stereocenters. The molecule has 0 spiro atoms. The average Bonchev–Trinajstić information content (AvgIpc) is 2.03. The predicted octanol–water partition coefficient (Wildman–Crippen LogP) is 2.88. The number of alkyl halides is 1. The zero-order chi connectivity index (χ0) is 8.10. The Morgan fingerprint density at radius 2 is 2.45 bits per heavy atom. The Bertz CT molecular complexity index is 229. The highest BCUT2D eigenvalue weighted by Crippen LogP contribution is 2.04. The molecule has 1 rings (SSSR count). The number of pyridine rings is 1. The van der Waals surface area contributed by atoms with Gasteiger partial charge in [0, 0.05) is 17.2 Å². The first-order chi connectivity index (χ1) is 5.29. The largest absolute Gasteiger partial charge is 0.264 e. The topological polar surface area (TPSA) is 12.9 Å². The minimum absolute atomic E-state index is 0.419. The van der Waals surface area contributed by atoms with Gasteiger partial charge < -0.3 is 0 Å². The summed E-state index contributed by atoms with van der Waals surface area (Å²) in [6, 6.07) is 3.96. The highest BCUT2D eigenvalue weighted by Gasteiger charge is 1.86. The van der Waals surface area contributed by atoms with Gasteiger partial charge in [-0.3, -0.25) is 4.98 Å². The maximum atomic E-state index is 4.00. The smallest absolute Gasteiger partial charge is 0.0340 e. The molecule has 11 heavy (non-hydrogen) atoms. The minimum atomic E-state index is 0.419. The Kier molecular flexibility index (Phi) is 3.30. The Morgan fingerprint density at radius 1 is 1.64 bits per heavy atom.